The number of alkyl halides is 3. The van der Waals surface area contributed by atoms with Gasteiger partial charge in [0, 0.05) is 17.8 Å². The Labute approximate surface area is 158 Å². The van der Waals surface area contributed by atoms with Gasteiger partial charge in [-0.05, 0) is 42.0 Å². The topological polar surface area (TPSA) is 42.0 Å². The van der Waals surface area contributed by atoms with Crippen molar-refractivity contribution in [3.8, 4) is 11.3 Å². The van der Waals surface area contributed by atoms with Gasteiger partial charge in [-0.15, -0.1) is 0 Å². The molecule has 1 N–H and O–H groups in total. The van der Waals surface area contributed by atoms with Crippen molar-refractivity contribution in [2.24, 2.45) is 0 Å². The first-order valence-electron chi connectivity index (χ1n) is 8.21. The number of pyridine rings is 1. The molecule has 0 saturated heterocycles. The van der Waals surface area contributed by atoms with E-state index in [9.17, 15) is 22.4 Å². The molecule has 0 atom stereocenters. The van der Waals surface area contributed by atoms with Crippen molar-refractivity contribution >= 4 is 17.7 Å². The Kier molecular flexibility index (Phi) is 5.54. The predicted octanol–water partition coefficient (Wildman–Crippen LogP) is 5.56. The van der Waals surface area contributed by atoms with Gasteiger partial charge in [-0.25, -0.2) is 4.39 Å². The van der Waals surface area contributed by atoms with E-state index in [2.05, 4.69) is 10.3 Å². The monoisotopic (exact) mass is 386 g/mol. The molecule has 0 aliphatic rings. The molecule has 0 bridgehead atoms. The molecule has 142 valence electrons. The normalized spacial score (nSPS) is 11.6. The van der Waals surface area contributed by atoms with Gasteiger partial charge < -0.3 is 5.32 Å². The van der Waals surface area contributed by atoms with E-state index in [-0.39, 0.29) is 5.69 Å². The first-order chi connectivity index (χ1) is 13.3. The zero-order chi connectivity index (χ0) is 20.1. The number of carbonyl (C=O) groups excluding carboxylic acids is 1. The van der Waals surface area contributed by atoms with Crippen LogP contribution in [-0.2, 0) is 11.0 Å². The highest BCUT2D eigenvalue weighted by atomic mass is 19.4. The van der Waals surface area contributed by atoms with Crippen molar-refractivity contribution in [3.05, 3.63) is 89.9 Å². The van der Waals surface area contributed by atoms with Crippen LogP contribution in [-0.4, -0.2) is 10.9 Å². The lowest BCUT2D eigenvalue weighted by molar-refractivity contribution is -0.136. The van der Waals surface area contributed by atoms with Crippen LogP contribution in [0.25, 0.3) is 17.3 Å². The number of carbonyl (C=O) groups is 1. The first kappa shape index (κ1) is 19.3. The maximum absolute atomic E-state index is 13.8. The highest BCUT2D eigenvalue weighted by Crippen LogP contribution is 2.34. The van der Waals surface area contributed by atoms with Crippen molar-refractivity contribution < 1.29 is 22.4 Å². The van der Waals surface area contributed by atoms with Crippen LogP contribution in [0.4, 0.5) is 23.2 Å². The molecule has 3 rings (SSSR count). The Morgan fingerprint density at radius 1 is 0.964 bits per heavy atom. The van der Waals surface area contributed by atoms with E-state index in [1.165, 1.54) is 36.5 Å². The SMILES string of the molecule is O=C(/C=C/c1ccc(-c2ccccc2F)nc1)Nc1ccccc1C(F)(F)F. The minimum Gasteiger partial charge on any atom is -0.322 e. The van der Waals surface area contributed by atoms with Crippen LogP contribution < -0.4 is 5.32 Å². The molecule has 0 aliphatic heterocycles. The molecule has 7 heteroatoms. The molecule has 1 amide bonds. The quantitative estimate of drug-likeness (QED) is 0.471. The summed E-state index contributed by atoms with van der Waals surface area (Å²) in [6.45, 7) is 0. The molecular weight excluding hydrogens is 372 g/mol. The molecule has 0 saturated carbocycles. The molecule has 0 unspecified atom stereocenters. The minimum atomic E-state index is -4.57. The van der Waals surface area contributed by atoms with Crippen molar-refractivity contribution in [2.45, 2.75) is 6.18 Å². The van der Waals surface area contributed by atoms with Crippen LogP contribution in [0.15, 0.2) is 72.9 Å². The summed E-state index contributed by atoms with van der Waals surface area (Å²) in [7, 11) is 0. The van der Waals surface area contributed by atoms with Crippen LogP contribution >= 0.6 is 0 Å². The number of anilines is 1. The number of amides is 1. The minimum absolute atomic E-state index is 0.322. The van der Waals surface area contributed by atoms with Crippen molar-refractivity contribution in [3.63, 3.8) is 0 Å². The van der Waals surface area contributed by atoms with Crippen LogP contribution in [0.2, 0.25) is 0 Å². The third-order valence-corrected chi connectivity index (χ3v) is 3.85. The van der Waals surface area contributed by atoms with Crippen molar-refractivity contribution in [1.29, 1.82) is 0 Å². The lowest BCUT2D eigenvalue weighted by atomic mass is 10.1. The second-order valence-corrected chi connectivity index (χ2v) is 5.82. The molecule has 0 spiro atoms. The fourth-order valence-electron chi connectivity index (χ4n) is 2.52. The third kappa shape index (κ3) is 4.62. The summed E-state index contributed by atoms with van der Waals surface area (Å²) in [5.41, 5.74) is 0.0722. The van der Waals surface area contributed by atoms with Gasteiger partial charge in [0.25, 0.3) is 0 Å². The molecule has 0 aliphatic carbocycles. The number of rotatable bonds is 4. The third-order valence-electron chi connectivity index (χ3n) is 3.85. The van der Waals surface area contributed by atoms with Crippen molar-refractivity contribution in [2.75, 3.05) is 5.32 Å². The van der Waals surface area contributed by atoms with Gasteiger partial charge in [0.2, 0.25) is 5.91 Å². The lowest BCUT2D eigenvalue weighted by Crippen LogP contribution is -2.14. The molecule has 3 nitrogen and oxygen atoms in total. The number of benzene rings is 2. The van der Waals surface area contributed by atoms with Gasteiger partial charge in [-0.1, -0.05) is 30.3 Å². The van der Waals surface area contributed by atoms with Crippen LogP contribution in [0, 0.1) is 5.82 Å². The van der Waals surface area contributed by atoms with Crippen LogP contribution in [0.5, 0.6) is 0 Å². The fourth-order valence-corrected chi connectivity index (χ4v) is 2.52. The lowest BCUT2D eigenvalue weighted by Gasteiger charge is -2.12. The van der Waals surface area contributed by atoms with E-state index < -0.39 is 23.5 Å². The first-order valence-corrected chi connectivity index (χ1v) is 8.21. The summed E-state index contributed by atoms with van der Waals surface area (Å²) < 4.78 is 52.6. The Balaban J connectivity index is 1.71. The summed E-state index contributed by atoms with van der Waals surface area (Å²) in [5.74, 6) is -1.11. The standard InChI is InChI=1S/C21H14F4N2O/c22-17-7-3-1-5-15(17)18-11-9-14(13-26-18)10-12-20(28)27-19-8-4-2-6-16(19)21(23,24)25/h1-13H,(H,27,28)/b12-10+. The Hall–Kier alpha value is -3.48. The van der Waals surface area contributed by atoms with E-state index in [4.69, 9.17) is 0 Å². The summed E-state index contributed by atoms with van der Waals surface area (Å²) in [6.07, 6.45) is -0.619. The second-order valence-electron chi connectivity index (χ2n) is 5.82. The molecule has 2 aromatic carbocycles. The predicted molar refractivity (Wildman–Crippen MR) is 98.7 cm³/mol. The maximum Gasteiger partial charge on any atom is 0.418 e. The smallest absolute Gasteiger partial charge is 0.322 e. The van der Waals surface area contributed by atoms with E-state index in [1.807, 2.05) is 0 Å². The zero-order valence-corrected chi connectivity index (χ0v) is 14.4. The van der Waals surface area contributed by atoms with Gasteiger partial charge in [0.05, 0.1) is 16.9 Å². The highest BCUT2D eigenvalue weighted by molar-refractivity contribution is 6.02. The van der Waals surface area contributed by atoms with Crippen molar-refractivity contribution in [1.82, 2.24) is 4.98 Å². The van der Waals surface area contributed by atoms with Crippen LogP contribution in [0.1, 0.15) is 11.1 Å². The number of nitrogens with one attached hydrogen (secondary N) is 1. The molecule has 28 heavy (non-hydrogen) atoms. The summed E-state index contributed by atoms with van der Waals surface area (Å²) in [4.78, 5) is 16.1. The molecule has 1 heterocycles. The number of nitrogens with zero attached hydrogens (tertiary/aromatic N) is 1. The molecular formula is C21H14F4N2O. The molecule has 3 aromatic rings. The average molecular weight is 386 g/mol. The molecule has 1 aromatic heterocycles. The Morgan fingerprint density at radius 3 is 2.36 bits per heavy atom. The highest BCUT2D eigenvalue weighted by Gasteiger charge is 2.33. The van der Waals surface area contributed by atoms with Gasteiger partial charge in [-0.3, -0.25) is 9.78 Å². The second kappa shape index (κ2) is 8.04. The number of hydrogen-bond donors (Lipinski definition) is 1. The maximum atomic E-state index is 13.8. The average Bonchev–Trinajstić information content (AvgIpc) is 2.67. The van der Waals surface area contributed by atoms with Gasteiger partial charge in [0.1, 0.15) is 5.82 Å². The number of para-hydroxylation sites is 1. The van der Waals surface area contributed by atoms with E-state index in [0.717, 1.165) is 12.1 Å². The molecule has 0 radical (unpaired) electrons. The molecule has 0 fully saturated rings. The Morgan fingerprint density at radius 2 is 1.68 bits per heavy atom. The van der Waals surface area contributed by atoms with E-state index in [0.29, 0.717) is 16.8 Å². The van der Waals surface area contributed by atoms with Gasteiger partial charge >= 0.3 is 6.18 Å². The largest absolute Gasteiger partial charge is 0.418 e. The fraction of sp³-hybridized carbons (Fsp3) is 0.0476. The number of halogens is 4. The van der Waals surface area contributed by atoms with Crippen LogP contribution in [0.3, 0.4) is 0 Å². The summed E-state index contributed by atoms with van der Waals surface area (Å²) in [5, 5.41) is 2.22. The number of aromatic nitrogens is 1. The zero-order valence-electron chi connectivity index (χ0n) is 14.4. The summed E-state index contributed by atoms with van der Waals surface area (Å²) in [6, 6.07) is 14.1. The van der Waals surface area contributed by atoms with Gasteiger partial charge in [-0.2, -0.15) is 13.2 Å². The number of hydrogen-bond acceptors (Lipinski definition) is 2. The van der Waals surface area contributed by atoms with Gasteiger partial charge in [0.15, 0.2) is 0 Å². The van der Waals surface area contributed by atoms with E-state index >= 15 is 0 Å². The van der Waals surface area contributed by atoms with E-state index in [1.54, 1.807) is 30.3 Å². The summed E-state index contributed by atoms with van der Waals surface area (Å²) >= 11 is 0. The Bertz CT molecular complexity index is 1010.